The molecule has 3 rings (SSSR count). The van der Waals surface area contributed by atoms with Crippen LogP contribution in [0.5, 0.6) is 17.2 Å². The molecule has 30 heavy (non-hydrogen) atoms. The zero-order chi connectivity index (χ0) is 21.5. The lowest BCUT2D eigenvalue weighted by Crippen LogP contribution is -2.51. The third-order valence-electron chi connectivity index (χ3n) is 4.91. The number of ether oxygens (including phenoxy) is 2. The molecule has 2 aromatic rings. The number of piperazine rings is 1. The molecule has 7 nitrogen and oxygen atoms in total. The number of hydrogen-bond donors (Lipinski definition) is 1. The Morgan fingerprint density at radius 1 is 0.967 bits per heavy atom. The highest BCUT2D eigenvalue weighted by molar-refractivity contribution is 9.10. The second-order valence-corrected chi connectivity index (χ2v) is 7.94. The second kappa shape index (κ2) is 10.3. The van der Waals surface area contributed by atoms with Crippen molar-refractivity contribution < 1.29 is 24.2 Å². The zero-order valence-corrected chi connectivity index (χ0v) is 18.4. The summed E-state index contributed by atoms with van der Waals surface area (Å²) in [7, 11) is 0. The smallest absolute Gasteiger partial charge is 0.260 e. The first-order chi connectivity index (χ1) is 14.4. The molecule has 1 N–H and O–H groups in total. The average Bonchev–Trinajstić information content (AvgIpc) is 2.74. The SMILES string of the molecule is Cc1cc(Br)ccc1OCCC(=O)N1CCN(C(=O)COc2ccccc2O)CC1. The monoisotopic (exact) mass is 476 g/mol. The van der Waals surface area contributed by atoms with E-state index >= 15 is 0 Å². The van der Waals surface area contributed by atoms with Crippen LogP contribution >= 0.6 is 15.9 Å². The molecule has 0 saturated carbocycles. The van der Waals surface area contributed by atoms with Crippen molar-refractivity contribution in [2.24, 2.45) is 0 Å². The van der Waals surface area contributed by atoms with E-state index in [1.807, 2.05) is 25.1 Å². The number of amides is 2. The van der Waals surface area contributed by atoms with Gasteiger partial charge >= 0.3 is 0 Å². The van der Waals surface area contributed by atoms with Crippen molar-refractivity contribution in [2.45, 2.75) is 13.3 Å². The van der Waals surface area contributed by atoms with Gasteiger partial charge in [0.15, 0.2) is 18.1 Å². The lowest BCUT2D eigenvalue weighted by Gasteiger charge is -2.34. The minimum Gasteiger partial charge on any atom is -0.504 e. The van der Waals surface area contributed by atoms with Gasteiger partial charge in [-0.05, 0) is 42.8 Å². The number of aromatic hydroxyl groups is 1. The highest BCUT2D eigenvalue weighted by atomic mass is 79.9. The number of carbonyl (C=O) groups excluding carboxylic acids is 2. The Morgan fingerprint density at radius 3 is 2.30 bits per heavy atom. The third-order valence-corrected chi connectivity index (χ3v) is 5.41. The summed E-state index contributed by atoms with van der Waals surface area (Å²) in [6.07, 6.45) is 0.292. The van der Waals surface area contributed by atoms with E-state index in [-0.39, 0.29) is 29.9 Å². The first kappa shape index (κ1) is 22.0. The highest BCUT2D eigenvalue weighted by Gasteiger charge is 2.24. The molecule has 0 aliphatic carbocycles. The fraction of sp³-hybridized carbons (Fsp3) is 0.364. The van der Waals surface area contributed by atoms with Gasteiger partial charge < -0.3 is 24.4 Å². The van der Waals surface area contributed by atoms with Gasteiger partial charge in [0.2, 0.25) is 5.91 Å². The van der Waals surface area contributed by atoms with Crippen LogP contribution in [-0.2, 0) is 9.59 Å². The lowest BCUT2D eigenvalue weighted by atomic mass is 10.2. The molecule has 0 spiro atoms. The second-order valence-electron chi connectivity index (χ2n) is 7.03. The van der Waals surface area contributed by atoms with E-state index in [0.29, 0.717) is 39.2 Å². The summed E-state index contributed by atoms with van der Waals surface area (Å²) < 4.78 is 12.1. The molecule has 160 valence electrons. The summed E-state index contributed by atoms with van der Waals surface area (Å²) in [4.78, 5) is 28.2. The molecule has 0 bridgehead atoms. The van der Waals surface area contributed by atoms with Crippen molar-refractivity contribution in [1.82, 2.24) is 9.80 Å². The Bertz CT molecular complexity index is 897. The van der Waals surface area contributed by atoms with Crippen molar-refractivity contribution >= 4 is 27.7 Å². The van der Waals surface area contributed by atoms with Crippen LogP contribution in [-0.4, -0.2) is 66.1 Å². The maximum absolute atomic E-state index is 12.4. The zero-order valence-electron chi connectivity index (χ0n) is 16.8. The van der Waals surface area contributed by atoms with Crippen LogP contribution in [0.2, 0.25) is 0 Å². The number of hydrogen-bond acceptors (Lipinski definition) is 5. The number of halogens is 1. The van der Waals surface area contributed by atoms with Gasteiger partial charge in [-0.1, -0.05) is 28.1 Å². The fourth-order valence-corrected chi connectivity index (χ4v) is 3.67. The Hall–Kier alpha value is -2.74. The standard InChI is InChI=1S/C22H25BrN2O5/c1-16-14-17(23)6-7-19(16)29-13-8-21(27)24-9-11-25(12-10-24)22(28)15-30-20-5-3-2-4-18(20)26/h2-7,14,26H,8-13,15H2,1H3. The van der Waals surface area contributed by atoms with E-state index in [9.17, 15) is 14.7 Å². The van der Waals surface area contributed by atoms with Crippen molar-refractivity contribution in [3.63, 3.8) is 0 Å². The van der Waals surface area contributed by atoms with Gasteiger partial charge in [-0.25, -0.2) is 0 Å². The van der Waals surface area contributed by atoms with Gasteiger partial charge in [-0.15, -0.1) is 0 Å². The number of para-hydroxylation sites is 2. The van der Waals surface area contributed by atoms with Gasteiger partial charge in [-0.3, -0.25) is 9.59 Å². The molecule has 1 aliphatic rings. The van der Waals surface area contributed by atoms with E-state index in [1.165, 1.54) is 6.07 Å². The first-order valence-corrected chi connectivity index (χ1v) is 10.6. The Morgan fingerprint density at radius 2 is 1.63 bits per heavy atom. The maximum Gasteiger partial charge on any atom is 0.260 e. The van der Waals surface area contributed by atoms with Gasteiger partial charge in [0.05, 0.1) is 13.0 Å². The number of nitrogens with zero attached hydrogens (tertiary/aromatic N) is 2. The molecule has 0 aromatic heterocycles. The van der Waals surface area contributed by atoms with Crippen molar-refractivity contribution in [2.75, 3.05) is 39.4 Å². The Balaban J connectivity index is 1.38. The summed E-state index contributed by atoms with van der Waals surface area (Å²) in [5.41, 5.74) is 1.01. The number of rotatable bonds is 7. The lowest BCUT2D eigenvalue weighted by molar-refractivity contribution is -0.141. The average molecular weight is 477 g/mol. The molecule has 2 amide bonds. The molecule has 1 heterocycles. The Kier molecular flexibility index (Phi) is 7.57. The largest absolute Gasteiger partial charge is 0.504 e. The summed E-state index contributed by atoms with van der Waals surface area (Å²) in [6, 6.07) is 12.3. The molecule has 1 saturated heterocycles. The topological polar surface area (TPSA) is 79.3 Å². The quantitative estimate of drug-likeness (QED) is 0.664. The van der Waals surface area contributed by atoms with E-state index < -0.39 is 0 Å². The number of phenolic OH excluding ortho intramolecular Hbond substituents is 1. The molecule has 2 aromatic carbocycles. The minimum absolute atomic E-state index is 0.00117. The normalized spacial score (nSPS) is 13.8. The van der Waals surface area contributed by atoms with Crippen LogP contribution in [0.4, 0.5) is 0 Å². The number of benzene rings is 2. The summed E-state index contributed by atoms with van der Waals surface area (Å²) in [5, 5.41) is 9.69. The molecule has 1 aliphatic heterocycles. The Labute approximate surface area is 184 Å². The molecular formula is C22H25BrN2O5. The highest BCUT2D eigenvalue weighted by Crippen LogP contribution is 2.24. The van der Waals surface area contributed by atoms with Gasteiger partial charge in [-0.2, -0.15) is 0 Å². The number of carbonyl (C=O) groups is 2. The van der Waals surface area contributed by atoms with E-state index in [2.05, 4.69) is 15.9 Å². The predicted molar refractivity (Wildman–Crippen MR) is 116 cm³/mol. The number of phenols is 1. The molecule has 0 atom stereocenters. The summed E-state index contributed by atoms with van der Waals surface area (Å²) in [6.45, 7) is 4.02. The predicted octanol–water partition coefficient (Wildman–Crippen LogP) is 2.98. The summed E-state index contributed by atoms with van der Waals surface area (Å²) in [5.74, 6) is 0.898. The molecule has 1 fully saturated rings. The number of aryl methyl sites for hydroxylation is 1. The van der Waals surface area contributed by atoms with E-state index in [4.69, 9.17) is 9.47 Å². The molecule has 0 radical (unpaired) electrons. The van der Waals surface area contributed by atoms with Crippen LogP contribution in [0.1, 0.15) is 12.0 Å². The van der Waals surface area contributed by atoms with Crippen LogP contribution in [0, 0.1) is 6.92 Å². The van der Waals surface area contributed by atoms with Crippen molar-refractivity contribution in [3.05, 3.63) is 52.5 Å². The molecular weight excluding hydrogens is 452 g/mol. The third kappa shape index (κ3) is 5.89. The first-order valence-electron chi connectivity index (χ1n) is 9.79. The maximum atomic E-state index is 12.4. The minimum atomic E-state index is -0.167. The van der Waals surface area contributed by atoms with Gasteiger partial charge in [0.25, 0.3) is 5.91 Å². The van der Waals surface area contributed by atoms with Gasteiger partial charge in [0, 0.05) is 30.7 Å². The van der Waals surface area contributed by atoms with Crippen LogP contribution in [0.3, 0.4) is 0 Å². The fourth-order valence-electron chi connectivity index (χ4n) is 3.20. The summed E-state index contributed by atoms with van der Waals surface area (Å²) >= 11 is 3.42. The van der Waals surface area contributed by atoms with Crippen LogP contribution in [0.15, 0.2) is 46.9 Å². The van der Waals surface area contributed by atoms with Gasteiger partial charge in [0.1, 0.15) is 5.75 Å². The van der Waals surface area contributed by atoms with E-state index in [1.54, 1.807) is 28.0 Å². The van der Waals surface area contributed by atoms with Crippen molar-refractivity contribution in [1.29, 1.82) is 0 Å². The molecule has 0 unspecified atom stereocenters. The molecule has 8 heteroatoms. The van der Waals surface area contributed by atoms with Crippen LogP contribution in [0.25, 0.3) is 0 Å². The van der Waals surface area contributed by atoms with E-state index in [0.717, 1.165) is 15.8 Å². The van der Waals surface area contributed by atoms with Crippen molar-refractivity contribution in [3.8, 4) is 17.2 Å². The van der Waals surface area contributed by atoms with Crippen LogP contribution < -0.4 is 9.47 Å².